The molecule has 0 saturated carbocycles. The number of amides is 1. The van der Waals surface area contributed by atoms with Gasteiger partial charge in [-0.3, -0.25) is 4.79 Å². The minimum atomic E-state index is -0.222. The van der Waals surface area contributed by atoms with Gasteiger partial charge in [0.25, 0.3) is 0 Å². The topological polar surface area (TPSA) is 85.2 Å². The summed E-state index contributed by atoms with van der Waals surface area (Å²) in [4.78, 5) is 18.3. The van der Waals surface area contributed by atoms with Crippen molar-refractivity contribution >= 4 is 28.3 Å². The zero-order valence-corrected chi connectivity index (χ0v) is 12.1. The van der Waals surface area contributed by atoms with E-state index in [1.54, 1.807) is 0 Å². The summed E-state index contributed by atoms with van der Waals surface area (Å²) in [6.45, 7) is 2.80. The van der Waals surface area contributed by atoms with Crippen molar-refractivity contribution in [3.63, 3.8) is 0 Å². The Kier molecular flexibility index (Phi) is 3.41. The molecule has 0 aliphatic carbocycles. The van der Waals surface area contributed by atoms with Gasteiger partial charge in [0.15, 0.2) is 0 Å². The van der Waals surface area contributed by atoms with Gasteiger partial charge in [0.2, 0.25) is 5.91 Å². The molecule has 1 aromatic heterocycles. The van der Waals surface area contributed by atoms with Crippen molar-refractivity contribution in [3.05, 3.63) is 30.3 Å². The molecule has 1 aliphatic rings. The molecule has 2 atom stereocenters. The summed E-state index contributed by atoms with van der Waals surface area (Å²) >= 11 is 0. The molecule has 21 heavy (non-hydrogen) atoms. The number of aromatic nitrogens is 1. The number of hydrogen-bond acceptors (Lipinski definition) is 4. The number of hydrogen-bond donors (Lipinski definition) is 2. The predicted octanol–water partition coefficient (Wildman–Crippen LogP) is 1.91. The fraction of sp³-hybridized carbons (Fsp3) is 0.375. The summed E-state index contributed by atoms with van der Waals surface area (Å²) in [5.74, 6) is 0.580. The lowest BCUT2D eigenvalue weighted by atomic mass is 9.93. The van der Waals surface area contributed by atoms with Gasteiger partial charge in [-0.25, -0.2) is 4.98 Å². The SMILES string of the molecule is CC1CCC(C(N)=O)CN1c1ccc2cc(N)ccc2n1. The maximum Gasteiger partial charge on any atom is 0.222 e. The fourth-order valence-electron chi connectivity index (χ4n) is 2.95. The highest BCUT2D eigenvalue weighted by molar-refractivity contribution is 5.83. The Morgan fingerprint density at radius 1 is 1.29 bits per heavy atom. The average Bonchev–Trinajstić information content (AvgIpc) is 2.47. The lowest BCUT2D eigenvalue weighted by Crippen LogP contribution is -2.46. The van der Waals surface area contributed by atoms with Crippen LogP contribution in [0.25, 0.3) is 10.9 Å². The second-order valence-electron chi connectivity index (χ2n) is 5.80. The number of nitrogens with two attached hydrogens (primary N) is 2. The van der Waals surface area contributed by atoms with Gasteiger partial charge in [0.1, 0.15) is 5.82 Å². The van der Waals surface area contributed by atoms with Crippen LogP contribution in [0.4, 0.5) is 11.5 Å². The van der Waals surface area contributed by atoms with E-state index in [1.165, 1.54) is 0 Å². The second kappa shape index (κ2) is 5.24. The first-order valence-corrected chi connectivity index (χ1v) is 7.27. The van der Waals surface area contributed by atoms with Crippen LogP contribution in [-0.2, 0) is 4.79 Å². The first-order valence-electron chi connectivity index (χ1n) is 7.27. The molecule has 4 N–H and O–H groups in total. The molecule has 2 heterocycles. The third kappa shape index (κ3) is 2.63. The molecule has 2 unspecified atom stereocenters. The second-order valence-corrected chi connectivity index (χ2v) is 5.80. The van der Waals surface area contributed by atoms with E-state index in [0.29, 0.717) is 12.6 Å². The summed E-state index contributed by atoms with van der Waals surface area (Å²) in [5, 5.41) is 1.02. The average molecular weight is 284 g/mol. The number of anilines is 2. The maximum absolute atomic E-state index is 11.4. The third-order valence-corrected chi connectivity index (χ3v) is 4.28. The van der Waals surface area contributed by atoms with Crippen molar-refractivity contribution in [1.29, 1.82) is 0 Å². The minimum absolute atomic E-state index is 0.0925. The van der Waals surface area contributed by atoms with Gasteiger partial charge < -0.3 is 16.4 Å². The summed E-state index contributed by atoms with van der Waals surface area (Å²) < 4.78 is 0. The Labute approximate surface area is 123 Å². The molecular formula is C16H20N4O. The number of carbonyl (C=O) groups is 1. The molecule has 0 radical (unpaired) electrons. The van der Waals surface area contributed by atoms with Gasteiger partial charge in [0, 0.05) is 23.7 Å². The van der Waals surface area contributed by atoms with Crippen LogP contribution in [0.2, 0.25) is 0 Å². The van der Waals surface area contributed by atoms with Crippen LogP contribution in [0.5, 0.6) is 0 Å². The number of piperidine rings is 1. The highest BCUT2D eigenvalue weighted by Gasteiger charge is 2.29. The molecule has 1 aromatic carbocycles. The van der Waals surface area contributed by atoms with E-state index in [1.807, 2.05) is 30.3 Å². The Balaban J connectivity index is 1.94. The first-order chi connectivity index (χ1) is 10.0. The molecule has 5 nitrogen and oxygen atoms in total. The van der Waals surface area contributed by atoms with E-state index < -0.39 is 0 Å². The van der Waals surface area contributed by atoms with Gasteiger partial charge in [0.05, 0.1) is 11.4 Å². The van der Waals surface area contributed by atoms with E-state index in [2.05, 4.69) is 11.8 Å². The summed E-state index contributed by atoms with van der Waals surface area (Å²) in [6, 6.07) is 10.1. The molecule has 1 amide bonds. The number of primary amides is 1. The lowest BCUT2D eigenvalue weighted by Gasteiger charge is -2.37. The van der Waals surface area contributed by atoms with Crippen LogP contribution in [0.15, 0.2) is 30.3 Å². The van der Waals surface area contributed by atoms with Crippen LogP contribution in [0, 0.1) is 5.92 Å². The molecule has 0 spiro atoms. The maximum atomic E-state index is 11.4. The number of carbonyl (C=O) groups excluding carboxylic acids is 1. The fourth-order valence-corrected chi connectivity index (χ4v) is 2.95. The van der Waals surface area contributed by atoms with Crippen molar-refractivity contribution in [2.24, 2.45) is 11.7 Å². The van der Waals surface area contributed by atoms with Crippen molar-refractivity contribution in [2.75, 3.05) is 17.2 Å². The molecular weight excluding hydrogens is 264 g/mol. The Hall–Kier alpha value is -2.30. The Morgan fingerprint density at radius 2 is 2.10 bits per heavy atom. The molecule has 0 bridgehead atoms. The molecule has 110 valence electrons. The van der Waals surface area contributed by atoms with Crippen LogP contribution < -0.4 is 16.4 Å². The van der Waals surface area contributed by atoms with E-state index in [4.69, 9.17) is 16.5 Å². The number of nitrogens with zero attached hydrogens (tertiary/aromatic N) is 2. The van der Waals surface area contributed by atoms with Gasteiger partial charge in [-0.2, -0.15) is 0 Å². The Bertz CT molecular complexity index is 685. The zero-order chi connectivity index (χ0) is 15.0. The van der Waals surface area contributed by atoms with E-state index in [-0.39, 0.29) is 11.8 Å². The van der Waals surface area contributed by atoms with Crippen molar-refractivity contribution in [1.82, 2.24) is 4.98 Å². The predicted molar refractivity (Wildman–Crippen MR) is 84.9 cm³/mol. The summed E-state index contributed by atoms with van der Waals surface area (Å²) in [7, 11) is 0. The molecule has 5 heteroatoms. The van der Waals surface area contributed by atoms with E-state index >= 15 is 0 Å². The lowest BCUT2D eigenvalue weighted by molar-refractivity contribution is -0.122. The summed E-state index contributed by atoms with van der Waals surface area (Å²) in [6.07, 6.45) is 1.81. The molecule has 1 fully saturated rings. The monoisotopic (exact) mass is 284 g/mol. The van der Waals surface area contributed by atoms with E-state index in [0.717, 1.165) is 35.2 Å². The highest BCUT2D eigenvalue weighted by atomic mass is 16.1. The number of fused-ring (bicyclic) bond motifs is 1. The van der Waals surface area contributed by atoms with Crippen LogP contribution in [0.1, 0.15) is 19.8 Å². The quantitative estimate of drug-likeness (QED) is 0.825. The number of nitrogen functional groups attached to an aromatic ring is 1. The van der Waals surface area contributed by atoms with E-state index in [9.17, 15) is 4.79 Å². The van der Waals surface area contributed by atoms with Gasteiger partial charge in [-0.05, 0) is 50.1 Å². The smallest absolute Gasteiger partial charge is 0.222 e. The summed E-state index contributed by atoms with van der Waals surface area (Å²) in [5.41, 5.74) is 12.9. The van der Waals surface area contributed by atoms with Crippen molar-refractivity contribution in [3.8, 4) is 0 Å². The van der Waals surface area contributed by atoms with Gasteiger partial charge >= 0.3 is 0 Å². The highest BCUT2D eigenvalue weighted by Crippen LogP contribution is 2.28. The number of pyridine rings is 1. The molecule has 3 rings (SSSR count). The van der Waals surface area contributed by atoms with Gasteiger partial charge in [-0.15, -0.1) is 0 Å². The Morgan fingerprint density at radius 3 is 2.86 bits per heavy atom. The van der Waals surface area contributed by atoms with Crippen molar-refractivity contribution in [2.45, 2.75) is 25.8 Å². The van der Waals surface area contributed by atoms with Crippen molar-refractivity contribution < 1.29 is 4.79 Å². The van der Waals surface area contributed by atoms with Crippen LogP contribution in [0.3, 0.4) is 0 Å². The van der Waals surface area contributed by atoms with Gasteiger partial charge in [-0.1, -0.05) is 0 Å². The molecule has 2 aromatic rings. The van der Waals surface area contributed by atoms with Crippen LogP contribution >= 0.6 is 0 Å². The normalized spacial score (nSPS) is 22.4. The standard InChI is InChI=1S/C16H20N4O/c1-10-2-3-12(16(18)21)9-20(10)15-7-4-11-8-13(17)5-6-14(11)19-15/h4-8,10,12H,2-3,9,17H2,1H3,(H2,18,21). The number of benzene rings is 1. The third-order valence-electron chi connectivity index (χ3n) is 4.28. The first kappa shape index (κ1) is 13.7. The molecule has 1 aliphatic heterocycles. The minimum Gasteiger partial charge on any atom is -0.399 e. The van der Waals surface area contributed by atoms with Crippen LogP contribution in [-0.4, -0.2) is 23.5 Å². The largest absolute Gasteiger partial charge is 0.399 e. The molecule has 1 saturated heterocycles. The zero-order valence-electron chi connectivity index (χ0n) is 12.1. The number of rotatable bonds is 2.